The highest BCUT2D eigenvalue weighted by Crippen LogP contribution is 2.30. The molecular weight excluding hydrogens is 234 g/mol. The van der Waals surface area contributed by atoms with E-state index >= 15 is 0 Å². The molecule has 0 unspecified atom stereocenters. The molecule has 0 saturated heterocycles. The topological polar surface area (TPSA) is 55.1 Å². The van der Waals surface area contributed by atoms with Gasteiger partial charge in [0.2, 0.25) is 4.96 Å². The van der Waals surface area contributed by atoms with Gasteiger partial charge in [-0.05, 0) is 18.1 Å². The monoisotopic (exact) mass is 243 g/mol. The summed E-state index contributed by atoms with van der Waals surface area (Å²) in [4.78, 5) is 0.827. The van der Waals surface area contributed by atoms with E-state index in [-0.39, 0.29) is 0 Å². The molecule has 0 saturated carbocycles. The first-order chi connectivity index (χ1) is 8.40. The number of hydrogen-bond donors (Lipinski definition) is 1. The minimum absolute atomic E-state index is 0.827. The van der Waals surface area contributed by atoms with Gasteiger partial charge in [0.1, 0.15) is 11.3 Å². The minimum atomic E-state index is 0.827. The average Bonchev–Trinajstić information content (AvgIpc) is 3.02. The maximum absolute atomic E-state index is 4.45. The SMILES string of the molecule is c1cc2c(cc1-c1nn3cnnc3s1)NCC2. The molecule has 1 aromatic carbocycles. The van der Waals surface area contributed by atoms with Crippen molar-refractivity contribution in [2.45, 2.75) is 6.42 Å². The predicted octanol–water partition coefficient (Wildman–Crippen LogP) is 1.82. The Morgan fingerprint density at radius 2 is 2.35 bits per heavy atom. The van der Waals surface area contributed by atoms with Crippen molar-refractivity contribution < 1.29 is 0 Å². The van der Waals surface area contributed by atoms with Gasteiger partial charge in [-0.25, -0.2) is 0 Å². The van der Waals surface area contributed by atoms with E-state index in [1.807, 2.05) is 0 Å². The number of nitrogens with zero attached hydrogens (tertiary/aromatic N) is 4. The van der Waals surface area contributed by atoms with Gasteiger partial charge in [0, 0.05) is 17.8 Å². The fourth-order valence-electron chi connectivity index (χ4n) is 2.10. The summed E-state index contributed by atoms with van der Waals surface area (Å²) in [5.74, 6) is 0. The highest BCUT2D eigenvalue weighted by Gasteiger charge is 2.13. The fraction of sp³-hybridized carbons (Fsp3) is 0.182. The van der Waals surface area contributed by atoms with Crippen molar-refractivity contribution in [2.24, 2.45) is 0 Å². The van der Waals surface area contributed by atoms with Crippen molar-refractivity contribution >= 4 is 22.0 Å². The summed E-state index contributed by atoms with van der Waals surface area (Å²) in [6.07, 6.45) is 2.74. The van der Waals surface area contributed by atoms with Gasteiger partial charge in [0.05, 0.1) is 0 Å². The molecule has 0 fully saturated rings. The van der Waals surface area contributed by atoms with Gasteiger partial charge in [-0.3, -0.25) is 0 Å². The van der Waals surface area contributed by atoms with Gasteiger partial charge in [-0.2, -0.15) is 9.61 Å². The van der Waals surface area contributed by atoms with Crippen LogP contribution in [0.15, 0.2) is 24.5 Å². The molecule has 17 heavy (non-hydrogen) atoms. The molecule has 0 atom stereocenters. The molecule has 0 radical (unpaired) electrons. The van der Waals surface area contributed by atoms with E-state index in [1.54, 1.807) is 22.2 Å². The first kappa shape index (κ1) is 9.12. The van der Waals surface area contributed by atoms with E-state index in [1.165, 1.54) is 11.3 Å². The van der Waals surface area contributed by atoms with Crippen molar-refractivity contribution in [3.8, 4) is 10.6 Å². The molecule has 4 rings (SSSR count). The summed E-state index contributed by atoms with van der Waals surface area (Å²) >= 11 is 1.55. The summed E-state index contributed by atoms with van der Waals surface area (Å²) < 4.78 is 1.71. The van der Waals surface area contributed by atoms with Gasteiger partial charge in [-0.15, -0.1) is 10.2 Å². The largest absolute Gasteiger partial charge is 0.384 e. The van der Waals surface area contributed by atoms with Crippen LogP contribution in [0.4, 0.5) is 5.69 Å². The molecule has 3 heterocycles. The van der Waals surface area contributed by atoms with Crippen LogP contribution in [0.3, 0.4) is 0 Å². The molecule has 0 aliphatic carbocycles. The van der Waals surface area contributed by atoms with Crippen molar-refractivity contribution in [3.63, 3.8) is 0 Å². The molecule has 3 aromatic rings. The summed E-state index contributed by atoms with van der Waals surface area (Å²) in [6.45, 7) is 1.03. The Bertz CT molecular complexity index is 670. The Morgan fingerprint density at radius 1 is 1.35 bits per heavy atom. The molecule has 6 heteroatoms. The number of benzene rings is 1. The lowest BCUT2D eigenvalue weighted by Gasteiger charge is -2.01. The lowest BCUT2D eigenvalue weighted by Crippen LogP contribution is -1.91. The Hall–Kier alpha value is -1.95. The second-order valence-corrected chi connectivity index (χ2v) is 4.97. The van der Waals surface area contributed by atoms with Crippen LogP contribution in [-0.2, 0) is 6.42 Å². The van der Waals surface area contributed by atoms with E-state index in [4.69, 9.17) is 0 Å². The van der Waals surface area contributed by atoms with Gasteiger partial charge >= 0.3 is 0 Å². The van der Waals surface area contributed by atoms with Crippen LogP contribution in [0.5, 0.6) is 0 Å². The molecule has 1 aliphatic heterocycles. The quantitative estimate of drug-likeness (QED) is 0.708. The van der Waals surface area contributed by atoms with Crippen molar-refractivity contribution in [2.75, 3.05) is 11.9 Å². The normalized spacial score (nSPS) is 13.9. The van der Waals surface area contributed by atoms with Crippen LogP contribution in [0.1, 0.15) is 5.56 Å². The molecule has 84 valence electrons. The smallest absolute Gasteiger partial charge is 0.234 e. The van der Waals surface area contributed by atoms with Gasteiger partial charge in [-0.1, -0.05) is 23.5 Å². The van der Waals surface area contributed by atoms with Crippen LogP contribution < -0.4 is 5.32 Å². The zero-order chi connectivity index (χ0) is 11.2. The first-order valence-electron chi connectivity index (χ1n) is 5.44. The highest BCUT2D eigenvalue weighted by molar-refractivity contribution is 7.19. The van der Waals surface area contributed by atoms with E-state index in [0.29, 0.717) is 0 Å². The van der Waals surface area contributed by atoms with E-state index in [0.717, 1.165) is 28.5 Å². The lowest BCUT2D eigenvalue weighted by atomic mass is 10.1. The number of rotatable bonds is 1. The third-order valence-corrected chi connectivity index (χ3v) is 3.92. The highest BCUT2D eigenvalue weighted by atomic mass is 32.1. The number of aromatic nitrogens is 4. The molecule has 0 bridgehead atoms. The molecule has 0 spiro atoms. The minimum Gasteiger partial charge on any atom is -0.384 e. The molecule has 1 N–H and O–H groups in total. The third kappa shape index (κ3) is 1.34. The summed E-state index contributed by atoms with van der Waals surface area (Å²) in [5, 5.41) is 16.6. The number of nitrogens with one attached hydrogen (secondary N) is 1. The first-order valence-corrected chi connectivity index (χ1v) is 6.26. The van der Waals surface area contributed by atoms with Crippen molar-refractivity contribution in [3.05, 3.63) is 30.1 Å². The maximum atomic E-state index is 4.45. The molecule has 1 aliphatic rings. The summed E-state index contributed by atoms with van der Waals surface area (Å²) in [6, 6.07) is 6.46. The van der Waals surface area contributed by atoms with Gasteiger partial charge in [0.15, 0.2) is 0 Å². The van der Waals surface area contributed by atoms with Gasteiger partial charge < -0.3 is 5.32 Å². The van der Waals surface area contributed by atoms with Crippen LogP contribution >= 0.6 is 11.3 Å². The Labute approximate surface area is 101 Å². The van der Waals surface area contributed by atoms with E-state index in [9.17, 15) is 0 Å². The van der Waals surface area contributed by atoms with E-state index < -0.39 is 0 Å². The fourth-order valence-corrected chi connectivity index (χ4v) is 2.92. The second kappa shape index (κ2) is 3.27. The standard InChI is InChI=1S/C11H9N5S/c1-2-8(5-9-7(1)3-4-12-9)10-15-16-6-13-14-11(16)17-10/h1-2,5-6,12H,3-4H2. The number of anilines is 1. The van der Waals surface area contributed by atoms with Crippen LogP contribution in [0, 0.1) is 0 Å². The zero-order valence-electron chi connectivity index (χ0n) is 8.92. The van der Waals surface area contributed by atoms with Crippen molar-refractivity contribution in [1.29, 1.82) is 0 Å². The number of hydrogen-bond acceptors (Lipinski definition) is 5. The van der Waals surface area contributed by atoms with Crippen LogP contribution in [0.25, 0.3) is 15.5 Å². The van der Waals surface area contributed by atoms with Gasteiger partial charge in [0.25, 0.3) is 0 Å². The predicted molar refractivity (Wildman–Crippen MR) is 66.3 cm³/mol. The Balaban J connectivity index is 1.86. The maximum Gasteiger partial charge on any atom is 0.234 e. The molecule has 0 amide bonds. The average molecular weight is 243 g/mol. The van der Waals surface area contributed by atoms with Crippen molar-refractivity contribution in [1.82, 2.24) is 19.8 Å². The lowest BCUT2D eigenvalue weighted by molar-refractivity contribution is 0.960. The number of fused-ring (bicyclic) bond motifs is 2. The van der Waals surface area contributed by atoms with Crippen LogP contribution in [0.2, 0.25) is 0 Å². The second-order valence-electron chi connectivity index (χ2n) is 4.01. The molecule has 5 nitrogen and oxygen atoms in total. The van der Waals surface area contributed by atoms with Crippen LogP contribution in [-0.4, -0.2) is 26.4 Å². The summed E-state index contributed by atoms with van der Waals surface area (Å²) in [5.41, 5.74) is 3.75. The third-order valence-electron chi connectivity index (χ3n) is 2.95. The summed E-state index contributed by atoms with van der Waals surface area (Å²) in [7, 11) is 0. The van der Waals surface area contributed by atoms with E-state index in [2.05, 4.69) is 38.8 Å². The zero-order valence-corrected chi connectivity index (χ0v) is 9.74. The molecular formula is C11H9N5S. The Morgan fingerprint density at radius 3 is 3.29 bits per heavy atom. The molecule has 2 aromatic heterocycles. The Kier molecular flexibility index (Phi) is 1.75.